The minimum Gasteiger partial charge on any atom is -0.369 e. The zero-order valence-electron chi connectivity index (χ0n) is 10.6. The maximum atomic E-state index is 3.40. The average Bonchev–Trinajstić information content (AvgIpc) is 2.81. The predicted molar refractivity (Wildman–Crippen MR) is 71.3 cm³/mol. The van der Waals surface area contributed by atoms with Crippen molar-refractivity contribution < 1.29 is 0 Å². The van der Waals surface area contributed by atoms with Crippen LogP contribution in [0.4, 0.5) is 5.69 Å². The molecule has 0 bridgehead atoms. The molecule has 0 radical (unpaired) electrons. The van der Waals surface area contributed by atoms with E-state index in [9.17, 15) is 0 Å². The van der Waals surface area contributed by atoms with Gasteiger partial charge in [-0.15, -0.1) is 0 Å². The van der Waals surface area contributed by atoms with Crippen LogP contribution in [0.15, 0.2) is 18.2 Å². The fourth-order valence-corrected chi connectivity index (χ4v) is 2.79. The highest BCUT2D eigenvalue weighted by Crippen LogP contribution is 2.27. The van der Waals surface area contributed by atoms with Crippen molar-refractivity contribution in [3.63, 3.8) is 0 Å². The van der Waals surface area contributed by atoms with Crippen molar-refractivity contribution in [1.82, 2.24) is 10.2 Å². The van der Waals surface area contributed by atoms with Gasteiger partial charge in [-0.25, -0.2) is 0 Å². The summed E-state index contributed by atoms with van der Waals surface area (Å²) in [7, 11) is 0. The summed E-state index contributed by atoms with van der Waals surface area (Å²) in [6, 6.07) is 7.02. The van der Waals surface area contributed by atoms with Crippen molar-refractivity contribution in [1.29, 1.82) is 0 Å². The third-order valence-electron chi connectivity index (χ3n) is 3.91. The van der Waals surface area contributed by atoms with Crippen LogP contribution in [-0.2, 0) is 13.1 Å². The van der Waals surface area contributed by atoms with Crippen LogP contribution in [0.5, 0.6) is 0 Å². The number of piperazine rings is 1. The zero-order chi connectivity index (χ0) is 11.7. The second-order valence-electron chi connectivity index (χ2n) is 4.99. The monoisotopic (exact) mass is 231 g/mol. The quantitative estimate of drug-likeness (QED) is 0.831. The van der Waals surface area contributed by atoms with Crippen LogP contribution in [0, 0.1) is 0 Å². The second kappa shape index (κ2) is 4.67. The lowest BCUT2D eigenvalue weighted by Crippen LogP contribution is -2.43. The smallest absolute Gasteiger partial charge is 0.0370 e. The summed E-state index contributed by atoms with van der Waals surface area (Å²) in [5.41, 5.74) is 4.46. The molecule has 0 aromatic heterocycles. The van der Waals surface area contributed by atoms with Gasteiger partial charge in [-0.05, 0) is 29.8 Å². The van der Waals surface area contributed by atoms with Crippen LogP contribution in [0.25, 0.3) is 0 Å². The highest BCUT2D eigenvalue weighted by atomic mass is 15.2. The molecular weight excluding hydrogens is 210 g/mol. The molecule has 0 aliphatic carbocycles. The Hall–Kier alpha value is -1.06. The molecule has 1 aromatic rings. The molecule has 3 nitrogen and oxygen atoms in total. The summed E-state index contributed by atoms with van der Waals surface area (Å²) in [5, 5.41) is 3.40. The first kappa shape index (κ1) is 11.1. The molecule has 2 aliphatic rings. The van der Waals surface area contributed by atoms with Crippen molar-refractivity contribution in [3.05, 3.63) is 29.3 Å². The third-order valence-corrected chi connectivity index (χ3v) is 3.91. The van der Waals surface area contributed by atoms with E-state index in [4.69, 9.17) is 0 Å². The van der Waals surface area contributed by atoms with Gasteiger partial charge < -0.3 is 10.2 Å². The molecular formula is C14H21N3. The van der Waals surface area contributed by atoms with Gasteiger partial charge >= 0.3 is 0 Å². The summed E-state index contributed by atoms with van der Waals surface area (Å²) in [6.45, 7) is 10.1. The fourth-order valence-electron chi connectivity index (χ4n) is 2.79. The summed E-state index contributed by atoms with van der Waals surface area (Å²) in [6.07, 6.45) is 0. The molecule has 1 N–H and O–H groups in total. The SMILES string of the molecule is CCN1Cc2ccc(N3CCNCC3)cc2C1. The van der Waals surface area contributed by atoms with Crippen molar-refractivity contribution >= 4 is 5.69 Å². The standard InChI is InChI=1S/C14H21N3/c1-2-16-10-12-3-4-14(9-13(12)11-16)17-7-5-15-6-8-17/h3-4,9,15H,2,5-8,10-11H2,1H3. The van der Waals surface area contributed by atoms with E-state index < -0.39 is 0 Å². The van der Waals surface area contributed by atoms with Crippen LogP contribution in [0.2, 0.25) is 0 Å². The topological polar surface area (TPSA) is 18.5 Å². The first-order valence-electron chi connectivity index (χ1n) is 6.66. The number of rotatable bonds is 2. The van der Waals surface area contributed by atoms with E-state index in [1.54, 1.807) is 0 Å². The molecule has 0 atom stereocenters. The largest absolute Gasteiger partial charge is 0.369 e. The molecule has 3 heteroatoms. The molecule has 1 aromatic carbocycles. The molecule has 3 rings (SSSR count). The van der Waals surface area contributed by atoms with E-state index in [1.807, 2.05) is 0 Å². The van der Waals surface area contributed by atoms with E-state index in [1.165, 1.54) is 16.8 Å². The van der Waals surface area contributed by atoms with Crippen LogP contribution in [0.1, 0.15) is 18.1 Å². The first-order valence-corrected chi connectivity index (χ1v) is 6.66. The Morgan fingerprint density at radius 1 is 1.12 bits per heavy atom. The number of fused-ring (bicyclic) bond motifs is 1. The summed E-state index contributed by atoms with van der Waals surface area (Å²) < 4.78 is 0. The van der Waals surface area contributed by atoms with Gasteiger partial charge in [-0.3, -0.25) is 4.90 Å². The van der Waals surface area contributed by atoms with Crippen LogP contribution >= 0.6 is 0 Å². The van der Waals surface area contributed by atoms with Gasteiger partial charge in [0.1, 0.15) is 0 Å². The fraction of sp³-hybridized carbons (Fsp3) is 0.571. The molecule has 0 saturated carbocycles. The normalized spacial score (nSPS) is 20.6. The average molecular weight is 231 g/mol. The van der Waals surface area contributed by atoms with E-state index in [2.05, 4.69) is 40.2 Å². The first-order chi connectivity index (χ1) is 8.36. The Labute approximate surface area is 103 Å². The van der Waals surface area contributed by atoms with Crippen molar-refractivity contribution in [3.8, 4) is 0 Å². The highest BCUT2D eigenvalue weighted by molar-refractivity contribution is 5.52. The van der Waals surface area contributed by atoms with Crippen LogP contribution in [-0.4, -0.2) is 37.6 Å². The van der Waals surface area contributed by atoms with Crippen molar-refractivity contribution in [2.45, 2.75) is 20.0 Å². The Balaban J connectivity index is 1.80. The van der Waals surface area contributed by atoms with E-state index in [0.29, 0.717) is 0 Å². The van der Waals surface area contributed by atoms with Gasteiger partial charge in [0.15, 0.2) is 0 Å². The van der Waals surface area contributed by atoms with Crippen LogP contribution < -0.4 is 10.2 Å². The zero-order valence-corrected chi connectivity index (χ0v) is 10.6. The predicted octanol–water partition coefficient (Wildman–Crippen LogP) is 1.43. The van der Waals surface area contributed by atoms with E-state index in [0.717, 1.165) is 45.8 Å². The van der Waals surface area contributed by atoms with Crippen molar-refractivity contribution in [2.24, 2.45) is 0 Å². The van der Waals surface area contributed by atoms with E-state index >= 15 is 0 Å². The minimum atomic E-state index is 1.11. The van der Waals surface area contributed by atoms with E-state index in [-0.39, 0.29) is 0 Å². The minimum absolute atomic E-state index is 1.11. The molecule has 0 amide bonds. The van der Waals surface area contributed by atoms with Gasteiger partial charge in [0.05, 0.1) is 0 Å². The van der Waals surface area contributed by atoms with Crippen LogP contribution in [0.3, 0.4) is 0 Å². The molecule has 0 unspecified atom stereocenters. The maximum Gasteiger partial charge on any atom is 0.0370 e. The van der Waals surface area contributed by atoms with Gasteiger partial charge in [-0.2, -0.15) is 0 Å². The lowest BCUT2D eigenvalue weighted by atomic mass is 10.1. The van der Waals surface area contributed by atoms with Gasteiger partial charge in [0.25, 0.3) is 0 Å². The molecule has 2 aliphatic heterocycles. The molecule has 2 heterocycles. The Morgan fingerprint density at radius 2 is 1.88 bits per heavy atom. The number of anilines is 1. The van der Waals surface area contributed by atoms with Gasteiger partial charge in [0.2, 0.25) is 0 Å². The number of benzene rings is 1. The molecule has 92 valence electrons. The number of nitrogens with zero attached hydrogens (tertiary/aromatic N) is 2. The van der Waals surface area contributed by atoms with Gasteiger partial charge in [0, 0.05) is 45.0 Å². The van der Waals surface area contributed by atoms with Crippen molar-refractivity contribution in [2.75, 3.05) is 37.6 Å². The molecule has 1 fully saturated rings. The lowest BCUT2D eigenvalue weighted by Gasteiger charge is -2.29. The number of hydrogen-bond donors (Lipinski definition) is 1. The van der Waals surface area contributed by atoms with Gasteiger partial charge in [-0.1, -0.05) is 13.0 Å². The number of nitrogens with one attached hydrogen (secondary N) is 1. The Morgan fingerprint density at radius 3 is 2.65 bits per heavy atom. The summed E-state index contributed by atoms with van der Waals surface area (Å²) >= 11 is 0. The highest BCUT2D eigenvalue weighted by Gasteiger charge is 2.19. The molecule has 0 spiro atoms. The summed E-state index contributed by atoms with van der Waals surface area (Å²) in [4.78, 5) is 4.98. The Bertz CT molecular complexity index is 396. The molecule has 17 heavy (non-hydrogen) atoms. The lowest BCUT2D eigenvalue weighted by molar-refractivity contribution is 0.301. The third kappa shape index (κ3) is 2.17. The number of hydrogen-bond acceptors (Lipinski definition) is 3. The second-order valence-corrected chi connectivity index (χ2v) is 4.99. The molecule has 1 saturated heterocycles. The maximum absolute atomic E-state index is 3.40. The summed E-state index contributed by atoms with van der Waals surface area (Å²) in [5.74, 6) is 0. The Kier molecular flexibility index (Phi) is 3.04.